The molecule has 0 amide bonds. The molecule has 17 heavy (non-hydrogen) atoms. The monoisotopic (exact) mass is 237 g/mol. The highest BCUT2D eigenvalue weighted by molar-refractivity contribution is 5.88. The number of carbonyl (C=O) groups is 2. The molecule has 0 atom stereocenters. The highest BCUT2D eigenvalue weighted by atomic mass is 16.5. The van der Waals surface area contributed by atoms with Crippen molar-refractivity contribution in [3.05, 3.63) is 29.8 Å². The third kappa shape index (κ3) is 4.55. The van der Waals surface area contributed by atoms with Crippen LogP contribution in [0.2, 0.25) is 0 Å². The molecule has 5 nitrogen and oxygen atoms in total. The number of anilines is 1. The van der Waals surface area contributed by atoms with E-state index in [-0.39, 0.29) is 11.5 Å². The minimum atomic E-state index is -0.955. The van der Waals surface area contributed by atoms with Gasteiger partial charge in [-0.15, -0.1) is 0 Å². The fourth-order valence-electron chi connectivity index (χ4n) is 1.33. The normalized spacial score (nSPS) is 9.71. The molecule has 0 aromatic heterocycles. The lowest BCUT2D eigenvalue weighted by atomic mass is 10.2. The second kappa shape index (κ2) is 6.52. The molecule has 0 radical (unpaired) electrons. The summed E-state index contributed by atoms with van der Waals surface area (Å²) in [6, 6.07) is 6.54. The molecule has 5 heteroatoms. The van der Waals surface area contributed by atoms with Gasteiger partial charge in [0.1, 0.15) is 0 Å². The molecule has 0 heterocycles. The largest absolute Gasteiger partial charge is 0.478 e. The summed E-state index contributed by atoms with van der Waals surface area (Å²) in [5.41, 5.74) is 0.970. The quantitative estimate of drug-likeness (QED) is 0.582. The number of carboxylic acid groups (broad SMARTS) is 1. The van der Waals surface area contributed by atoms with E-state index in [9.17, 15) is 9.59 Å². The van der Waals surface area contributed by atoms with E-state index >= 15 is 0 Å². The fraction of sp³-hybridized carbons (Fsp3) is 0.333. The first kappa shape index (κ1) is 13.0. The lowest BCUT2D eigenvalue weighted by Crippen LogP contribution is -2.07. The zero-order valence-electron chi connectivity index (χ0n) is 9.60. The SMILES string of the molecule is COC(=O)CCCNc1cccc(C(=O)O)c1. The minimum absolute atomic E-state index is 0.239. The molecule has 0 saturated heterocycles. The maximum absolute atomic E-state index is 10.8. The molecule has 1 rings (SSSR count). The van der Waals surface area contributed by atoms with Crippen molar-refractivity contribution in [2.24, 2.45) is 0 Å². The maximum atomic E-state index is 10.8. The molecule has 1 aromatic carbocycles. The van der Waals surface area contributed by atoms with Gasteiger partial charge in [-0.2, -0.15) is 0 Å². The lowest BCUT2D eigenvalue weighted by molar-refractivity contribution is -0.140. The average molecular weight is 237 g/mol. The summed E-state index contributed by atoms with van der Waals surface area (Å²) in [7, 11) is 1.35. The number of aromatic carboxylic acids is 1. The van der Waals surface area contributed by atoms with Gasteiger partial charge in [0.25, 0.3) is 0 Å². The van der Waals surface area contributed by atoms with E-state index in [4.69, 9.17) is 5.11 Å². The Balaban J connectivity index is 2.39. The van der Waals surface area contributed by atoms with Gasteiger partial charge in [-0.05, 0) is 24.6 Å². The van der Waals surface area contributed by atoms with Crippen molar-refractivity contribution >= 4 is 17.6 Å². The van der Waals surface area contributed by atoms with Crippen LogP contribution in [0, 0.1) is 0 Å². The van der Waals surface area contributed by atoms with Crippen LogP contribution < -0.4 is 5.32 Å². The Morgan fingerprint density at radius 2 is 2.18 bits per heavy atom. The van der Waals surface area contributed by atoms with Gasteiger partial charge in [0, 0.05) is 18.7 Å². The summed E-state index contributed by atoms with van der Waals surface area (Å²) < 4.78 is 4.51. The molecule has 0 bridgehead atoms. The van der Waals surface area contributed by atoms with Crippen molar-refractivity contribution in [3.63, 3.8) is 0 Å². The molecule has 0 aliphatic heterocycles. The van der Waals surface area contributed by atoms with Crippen molar-refractivity contribution in [1.82, 2.24) is 0 Å². The van der Waals surface area contributed by atoms with Gasteiger partial charge in [0.2, 0.25) is 0 Å². The standard InChI is InChI=1S/C12H15NO4/c1-17-11(14)6-3-7-13-10-5-2-4-9(8-10)12(15)16/h2,4-5,8,13H,3,6-7H2,1H3,(H,15,16). The molecule has 0 fully saturated rings. The van der Waals surface area contributed by atoms with E-state index in [0.29, 0.717) is 19.4 Å². The number of ether oxygens (including phenoxy) is 1. The number of methoxy groups -OCH3 is 1. The van der Waals surface area contributed by atoms with Crippen LogP contribution in [0.5, 0.6) is 0 Å². The molecule has 2 N–H and O–H groups in total. The Morgan fingerprint density at radius 3 is 2.82 bits per heavy atom. The van der Waals surface area contributed by atoms with Crippen LogP contribution in [0.25, 0.3) is 0 Å². The molecular weight excluding hydrogens is 222 g/mol. The Bertz CT molecular complexity index is 403. The smallest absolute Gasteiger partial charge is 0.335 e. The fourth-order valence-corrected chi connectivity index (χ4v) is 1.33. The van der Waals surface area contributed by atoms with E-state index in [1.54, 1.807) is 18.2 Å². The zero-order valence-corrected chi connectivity index (χ0v) is 9.60. The topological polar surface area (TPSA) is 75.6 Å². The van der Waals surface area contributed by atoms with Crippen molar-refractivity contribution in [2.45, 2.75) is 12.8 Å². The van der Waals surface area contributed by atoms with Gasteiger partial charge in [-0.1, -0.05) is 6.07 Å². The molecule has 0 spiro atoms. The number of carbonyl (C=O) groups excluding carboxylic acids is 1. The first-order chi connectivity index (χ1) is 8.13. The van der Waals surface area contributed by atoms with Crippen LogP contribution in [-0.4, -0.2) is 30.7 Å². The molecule has 0 aliphatic carbocycles. The van der Waals surface area contributed by atoms with Crippen molar-refractivity contribution in [1.29, 1.82) is 0 Å². The minimum Gasteiger partial charge on any atom is -0.478 e. The Kier molecular flexibility index (Phi) is 5.00. The third-order valence-corrected chi connectivity index (χ3v) is 2.22. The van der Waals surface area contributed by atoms with E-state index in [0.717, 1.165) is 5.69 Å². The van der Waals surface area contributed by atoms with Gasteiger partial charge in [-0.3, -0.25) is 4.79 Å². The maximum Gasteiger partial charge on any atom is 0.335 e. The molecule has 92 valence electrons. The highest BCUT2D eigenvalue weighted by Crippen LogP contribution is 2.10. The number of benzene rings is 1. The number of nitrogens with one attached hydrogen (secondary N) is 1. The summed E-state index contributed by atoms with van der Waals surface area (Å²) in [5.74, 6) is -1.20. The number of carboxylic acids is 1. The van der Waals surface area contributed by atoms with Gasteiger partial charge in [0.15, 0.2) is 0 Å². The first-order valence-electron chi connectivity index (χ1n) is 5.27. The summed E-state index contributed by atoms with van der Waals surface area (Å²) >= 11 is 0. The predicted molar refractivity (Wildman–Crippen MR) is 63.1 cm³/mol. The first-order valence-corrected chi connectivity index (χ1v) is 5.27. The lowest BCUT2D eigenvalue weighted by Gasteiger charge is -2.06. The van der Waals surface area contributed by atoms with E-state index < -0.39 is 5.97 Å². The molecule has 1 aromatic rings. The Labute approximate surface area is 99.4 Å². The summed E-state index contributed by atoms with van der Waals surface area (Å²) in [5, 5.41) is 11.8. The number of rotatable bonds is 6. The highest BCUT2D eigenvalue weighted by Gasteiger charge is 2.03. The van der Waals surface area contributed by atoms with Crippen LogP contribution in [-0.2, 0) is 9.53 Å². The van der Waals surface area contributed by atoms with Crippen LogP contribution in [0.15, 0.2) is 24.3 Å². The molecule has 0 unspecified atom stereocenters. The van der Waals surface area contributed by atoms with E-state index in [2.05, 4.69) is 10.1 Å². The predicted octanol–water partition coefficient (Wildman–Crippen LogP) is 1.75. The summed E-state index contributed by atoms with van der Waals surface area (Å²) in [6.07, 6.45) is 0.992. The van der Waals surface area contributed by atoms with Gasteiger partial charge >= 0.3 is 11.9 Å². The number of hydrogen-bond donors (Lipinski definition) is 2. The van der Waals surface area contributed by atoms with Gasteiger partial charge < -0.3 is 15.2 Å². The van der Waals surface area contributed by atoms with Crippen molar-refractivity contribution in [2.75, 3.05) is 19.0 Å². The average Bonchev–Trinajstić information content (AvgIpc) is 2.34. The van der Waals surface area contributed by atoms with Crippen LogP contribution in [0.4, 0.5) is 5.69 Å². The Hall–Kier alpha value is -2.04. The molecular formula is C12H15NO4. The zero-order chi connectivity index (χ0) is 12.7. The van der Waals surface area contributed by atoms with Crippen LogP contribution in [0.1, 0.15) is 23.2 Å². The second-order valence-electron chi connectivity index (χ2n) is 3.49. The number of hydrogen-bond acceptors (Lipinski definition) is 4. The second-order valence-corrected chi connectivity index (χ2v) is 3.49. The third-order valence-electron chi connectivity index (χ3n) is 2.22. The van der Waals surface area contributed by atoms with Crippen LogP contribution >= 0.6 is 0 Å². The van der Waals surface area contributed by atoms with Gasteiger partial charge in [0.05, 0.1) is 12.7 Å². The van der Waals surface area contributed by atoms with Gasteiger partial charge in [-0.25, -0.2) is 4.79 Å². The summed E-state index contributed by atoms with van der Waals surface area (Å²) in [4.78, 5) is 21.6. The molecule has 0 aliphatic rings. The van der Waals surface area contributed by atoms with Crippen molar-refractivity contribution in [3.8, 4) is 0 Å². The van der Waals surface area contributed by atoms with E-state index in [1.807, 2.05) is 0 Å². The Morgan fingerprint density at radius 1 is 1.41 bits per heavy atom. The molecule has 0 saturated carbocycles. The van der Waals surface area contributed by atoms with E-state index in [1.165, 1.54) is 13.2 Å². The summed E-state index contributed by atoms with van der Waals surface area (Å²) in [6.45, 7) is 0.595. The van der Waals surface area contributed by atoms with Crippen LogP contribution in [0.3, 0.4) is 0 Å². The van der Waals surface area contributed by atoms with Crippen molar-refractivity contribution < 1.29 is 19.4 Å². The number of esters is 1.